The van der Waals surface area contributed by atoms with E-state index in [1.807, 2.05) is 0 Å². The van der Waals surface area contributed by atoms with Crippen LogP contribution in [0.1, 0.15) is 18.4 Å². The van der Waals surface area contributed by atoms with Gasteiger partial charge in [0.15, 0.2) is 0 Å². The lowest BCUT2D eigenvalue weighted by Gasteiger charge is -2.23. The van der Waals surface area contributed by atoms with E-state index < -0.39 is 21.9 Å². The molecule has 0 aromatic heterocycles. The number of rotatable bonds is 6. The maximum Gasteiger partial charge on any atom is 0.243 e. The summed E-state index contributed by atoms with van der Waals surface area (Å²) < 4.78 is 39.9. The van der Waals surface area contributed by atoms with Crippen LogP contribution in [0.5, 0.6) is 0 Å². The van der Waals surface area contributed by atoms with E-state index >= 15 is 0 Å². The van der Waals surface area contributed by atoms with Gasteiger partial charge in [0.25, 0.3) is 0 Å². The molecular weight excluding hydrogens is 426 g/mol. The number of halogens is 3. The largest absolute Gasteiger partial charge is 0.354 e. The minimum absolute atomic E-state index is 0.0263. The Labute approximate surface area is 173 Å². The number of nitrogens with zero attached hydrogens (tertiary/aromatic N) is 1. The second-order valence-electron chi connectivity index (χ2n) is 6.50. The lowest BCUT2D eigenvalue weighted by Crippen LogP contribution is -2.46. The highest BCUT2D eigenvalue weighted by Crippen LogP contribution is 2.26. The third-order valence-electron chi connectivity index (χ3n) is 4.64. The number of hydrogen-bond donors (Lipinski definition) is 1. The van der Waals surface area contributed by atoms with Crippen LogP contribution in [0, 0.1) is 5.82 Å². The van der Waals surface area contributed by atoms with E-state index in [0.29, 0.717) is 35.9 Å². The van der Waals surface area contributed by atoms with Crippen molar-refractivity contribution in [2.45, 2.75) is 30.2 Å². The number of hydrogen-bond acceptors (Lipinski definition) is 3. The van der Waals surface area contributed by atoms with Crippen molar-refractivity contribution < 1.29 is 17.6 Å². The smallest absolute Gasteiger partial charge is 0.243 e. The van der Waals surface area contributed by atoms with Gasteiger partial charge in [-0.15, -0.1) is 0 Å². The van der Waals surface area contributed by atoms with E-state index in [-0.39, 0.29) is 17.3 Å². The highest BCUT2D eigenvalue weighted by atomic mass is 35.5. The molecule has 1 aliphatic heterocycles. The first-order valence-electron chi connectivity index (χ1n) is 8.78. The average Bonchev–Trinajstić information content (AvgIpc) is 3.14. The van der Waals surface area contributed by atoms with E-state index in [0.717, 1.165) is 17.7 Å². The first-order valence-corrected chi connectivity index (χ1v) is 11.0. The van der Waals surface area contributed by atoms with Gasteiger partial charge in [0, 0.05) is 23.1 Å². The van der Waals surface area contributed by atoms with Crippen molar-refractivity contribution in [3.05, 3.63) is 63.9 Å². The highest BCUT2D eigenvalue weighted by molar-refractivity contribution is 7.89. The first kappa shape index (κ1) is 21.0. The Morgan fingerprint density at radius 2 is 1.89 bits per heavy atom. The standard InChI is InChI=1S/C19H19Cl2FN2O3S/c20-14-4-3-13(17(21)12-14)9-10-23-19(25)18-2-1-11-24(18)28(26,27)16-7-5-15(22)6-8-16/h3-8,12,18H,1-2,9-11H2,(H,23,25). The molecule has 0 radical (unpaired) electrons. The van der Waals surface area contributed by atoms with Gasteiger partial charge in [0.2, 0.25) is 15.9 Å². The van der Waals surface area contributed by atoms with E-state index in [1.165, 1.54) is 16.4 Å². The average molecular weight is 445 g/mol. The Morgan fingerprint density at radius 1 is 1.18 bits per heavy atom. The fourth-order valence-electron chi connectivity index (χ4n) is 3.19. The van der Waals surface area contributed by atoms with E-state index in [9.17, 15) is 17.6 Å². The molecule has 1 fully saturated rings. The van der Waals surface area contributed by atoms with Crippen molar-refractivity contribution in [2.24, 2.45) is 0 Å². The summed E-state index contributed by atoms with van der Waals surface area (Å²) in [5, 5.41) is 3.83. The van der Waals surface area contributed by atoms with Crippen LogP contribution in [0.4, 0.5) is 4.39 Å². The number of amides is 1. The van der Waals surface area contributed by atoms with Gasteiger partial charge in [-0.1, -0.05) is 29.3 Å². The number of carbonyl (C=O) groups excluding carboxylic acids is 1. The summed E-state index contributed by atoms with van der Waals surface area (Å²) in [6.45, 7) is 0.571. The minimum Gasteiger partial charge on any atom is -0.354 e. The molecule has 2 aromatic carbocycles. The van der Waals surface area contributed by atoms with Crippen LogP contribution in [0.3, 0.4) is 0 Å². The molecule has 1 heterocycles. The van der Waals surface area contributed by atoms with Crippen molar-refractivity contribution in [3.63, 3.8) is 0 Å². The van der Waals surface area contributed by atoms with Crippen LogP contribution < -0.4 is 5.32 Å². The third kappa shape index (κ3) is 4.66. The molecule has 1 unspecified atom stereocenters. The summed E-state index contributed by atoms with van der Waals surface area (Å²) in [5.74, 6) is -0.871. The maximum atomic E-state index is 13.1. The van der Waals surface area contributed by atoms with Crippen molar-refractivity contribution >= 4 is 39.1 Å². The van der Waals surface area contributed by atoms with E-state index in [1.54, 1.807) is 18.2 Å². The molecule has 1 saturated heterocycles. The number of nitrogens with one attached hydrogen (secondary N) is 1. The lowest BCUT2D eigenvalue weighted by molar-refractivity contribution is -0.124. The first-order chi connectivity index (χ1) is 13.3. The maximum absolute atomic E-state index is 13.1. The van der Waals surface area contributed by atoms with Crippen LogP contribution in [-0.4, -0.2) is 37.8 Å². The second kappa shape index (κ2) is 8.78. The fourth-order valence-corrected chi connectivity index (χ4v) is 5.35. The van der Waals surface area contributed by atoms with Crippen molar-refractivity contribution in [1.82, 2.24) is 9.62 Å². The quantitative estimate of drug-likeness (QED) is 0.739. The molecule has 2 aromatic rings. The SMILES string of the molecule is O=C(NCCc1ccc(Cl)cc1Cl)C1CCCN1S(=O)(=O)c1ccc(F)cc1. The zero-order chi connectivity index (χ0) is 20.3. The molecule has 150 valence electrons. The molecule has 9 heteroatoms. The summed E-state index contributed by atoms with van der Waals surface area (Å²) in [7, 11) is -3.87. The number of sulfonamides is 1. The van der Waals surface area contributed by atoms with Gasteiger partial charge in [-0.05, 0) is 61.2 Å². The van der Waals surface area contributed by atoms with Gasteiger partial charge < -0.3 is 5.32 Å². The summed E-state index contributed by atoms with van der Waals surface area (Å²) in [5.41, 5.74) is 0.841. The Hall–Kier alpha value is -1.67. The zero-order valence-electron chi connectivity index (χ0n) is 14.9. The molecule has 5 nitrogen and oxygen atoms in total. The molecule has 28 heavy (non-hydrogen) atoms. The summed E-state index contributed by atoms with van der Waals surface area (Å²) >= 11 is 12.0. The van der Waals surface area contributed by atoms with Crippen LogP contribution in [0.25, 0.3) is 0 Å². The van der Waals surface area contributed by atoms with Gasteiger partial charge in [0.1, 0.15) is 11.9 Å². The molecule has 0 bridgehead atoms. The summed E-state index contributed by atoms with van der Waals surface area (Å²) in [6.07, 6.45) is 1.52. The van der Waals surface area contributed by atoms with Crippen LogP contribution in [-0.2, 0) is 21.2 Å². The zero-order valence-corrected chi connectivity index (χ0v) is 17.2. The van der Waals surface area contributed by atoms with Gasteiger partial charge in [-0.25, -0.2) is 12.8 Å². The molecule has 0 aliphatic carbocycles. The molecule has 1 amide bonds. The predicted molar refractivity (Wildman–Crippen MR) is 106 cm³/mol. The molecule has 0 spiro atoms. The Morgan fingerprint density at radius 3 is 2.57 bits per heavy atom. The van der Waals surface area contributed by atoms with Gasteiger partial charge in [-0.3, -0.25) is 4.79 Å². The molecular formula is C19H19Cl2FN2O3S. The highest BCUT2D eigenvalue weighted by Gasteiger charge is 2.39. The van der Waals surface area contributed by atoms with Gasteiger partial charge in [-0.2, -0.15) is 4.31 Å². The monoisotopic (exact) mass is 444 g/mol. The van der Waals surface area contributed by atoms with Crippen LogP contribution in [0.15, 0.2) is 47.4 Å². The summed E-state index contributed by atoms with van der Waals surface area (Å²) in [6, 6.07) is 8.96. The second-order valence-corrected chi connectivity index (χ2v) is 9.24. The van der Waals surface area contributed by atoms with Gasteiger partial charge in [0.05, 0.1) is 4.90 Å². The molecule has 1 atom stereocenters. The Balaban J connectivity index is 1.65. The van der Waals surface area contributed by atoms with Crippen LogP contribution >= 0.6 is 23.2 Å². The van der Waals surface area contributed by atoms with E-state index in [2.05, 4.69) is 5.32 Å². The molecule has 1 aliphatic rings. The van der Waals surface area contributed by atoms with E-state index in [4.69, 9.17) is 23.2 Å². The Bertz CT molecular complexity index is 968. The minimum atomic E-state index is -3.87. The van der Waals surface area contributed by atoms with Crippen molar-refractivity contribution in [3.8, 4) is 0 Å². The van der Waals surface area contributed by atoms with Crippen molar-refractivity contribution in [1.29, 1.82) is 0 Å². The normalized spacial score (nSPS) is 17.6. The molecule has 0 saturated carbocycles. The number of carbonyl (C=O) groups is 1. The fraction of sp³-hybridized carbons (Fsp3) is 0.316. The Kier molecular flexibility index (Phi) is 6.60. The molecule has 3 rings (SSSR count). The molecule has 1 N–H and O–H groups in total. The third-order valence-corrected chi connectivity index (χ3v) is 7.14. The van der Waals surface area contributed by atoms with Crippen molar-refractivity contribution in [2.75, 3.05) is 13.1 Å². The lowest BCUT2D eigenvalue weighted by atomic mass is 10.1. The van der Waals surface area contributed by atoms with Gasteiger partial charge >= 0.3 is 0 Å². The topological polar surface area (TPSA) is 66.5 Å². The predicted octanol–water partition coefficient (Wildman–Crippen LogP) is 3.64. The number of benzene rings is 2. The summed E-state index contributed by atoms with van der Waals surface area (Å²) in [4.78, 5) is 12.6. The van der Waals surface area contributed by atoms with Crippen LogP contribution in [0.2, 0.25) is 10.0 Å².